The molecule has 18 heavy (non-hydrogen) atoms. The molecule has 0 bridgehead atoms. The Bertz CT molecular complexity index is 468. The number of anilines is 2. The van der Waals surface area contributed by atoms with Crippen molar-refractivity contribution in [1.29, 1.82) is 0 Å². The average molecular weight is 288 g/mol. The summed E-state index contributed by atoms with van der Waals surface area (Å²) in [5, 5.41) is 8.30. The number of rotatable bonds is 3. The van der Waals surface area contributed by atoms with Gasteiger partial charge in [0.1, 0.15) is 0 Å². The summed E-state index contributed by atoms with van der Waals surface area (Å²) in [7, 11) is 1.71. The minimum atomic E-state index is -0.109. The topological polar surface area (TPSA) is 70.2 Å². The third-order valence-electron chi connectivity index (χ3n) is 2.23. The molecule has 1 heterocycles. The number of hydrogen-bond acceptors (Lipinski definition) is 4. The Hall–Kier alpha value is -1.24. The molecule has 0 saturated heterocycles. The Labute approximate surface area is 115 Å². The monoisotopic (exact) mass is 287 g/mol. The fraction of sp³-hybridized carbons (Fsp3) is 0.273. The number of fused-ring (bicyclic) bond motifs is 1. The first-order chi connectivity index (χ1) is 8.19. The van der Waals surface area contributed by atoms with E-state index in [0.717, 1.165) is 10.6 Å². The number of nitrogens with one attached hydrogen (secondary N) is 3. The number of carbonyl (C=O) groups excluding carboxylic acids is 2. The van der Waals surface area contributed by atoms with Crippen LogP contribution in [-0.4, -0.2) is 31.2 Å². The van der Waals surface area contributed by atoms with Crippen molar-refractivity contribution in [2.75, 3.05) is 30.0 Å². The van der Waals surface area contributed by atoms with Gasteiger partial charge in [0.15, 0.2) is 0 Å². The molecule has 1 aliphatic rings. The Morgan fingerprint density at radius 2 is 2.28 bits per heavy atom. The van der Waals surface area contributed by atoms with Crippen LogP contribution in [0, 0.1) is 0 Å². The van der Waals surface area contributed by atoms with E-state index in [1.165, 1.54) is 11.8 Å². The summed E-state index contributed by atoms with van der Waals surface area (Å²) in [4.78, 5) is 23.6. The highest BCUT2D eigenvalue weighted by atomic mass is 35.5. The van der Waals surface area contributed by atoms with Crippen LogP contribution in [0.3, 0.4) is 0 Å². The molecule has 0 aliphatic carbocycles. The van der Waals surface area contributed by atoms with Gasteiger partial charge in [0, 0.05) is 10.6 Å². The minimum absolute atomic E-state index is 0. The maximum atomic E-state index is 11.4. The molecular weight excluding hydrogens is 274 g/mol. The van der Waals surface area contributed by atoms with Gasteiger partial charge < -0.3 is 16.0 Å². The van der Waals surface area contributed by atoms with Crippen LogP contribution in [0.2, 0.25) is 0 Å². The molecule has 0 aromatic heterocycles. The van der Waals surface area contributed by atoms with Crippen molar-refractivity contribution >= 4 is 47.4 Å². The summed E-state index contributed by atoms with van der Waals surface area (Å²) in [5.74, 6) is 0.321. The van der Waals surface area contributed by atoms with Crippen molar-refractivity contribution in [2.45, 2.75) is 4.90 Å². The van der Waals surface area contributed by atoms with Gasteiger partial charge in [-0.1, -0.05) is 0 Å². The molecule has 5 nitrogen and oxygen atoms in total. The molecule has 7 heteroatoms. The molecule has 0 atom stereocenters. The number of amides is 2. The molecule has 0 fully saturated rings. The molecule has 0 saturated carbocycles. The summed E-state index contributed by atoms with van der Waals surface area (Å²) in [5.41, 5.74) is 1.44. The van der Waals surface area contributed by atoms with E-state index in [1.807, 2.05) is 12.1 Å². The van der Waals surface area contributed by atoms with Crippen molar-refractivity contribution in [1.82, 2.24) is 5.32 Å². The lowest BCUT2D eigenvalue weighted by Gasteiger charge is -2.17. The number of thioether (sulfide) groups is 1. The molecule has 0 radical (unpaired) electrons. The van der Waals surface area contributed by atoms with Gasteiger partial charge in [-0.25, -0.2) is 0 Å². The van der Waals surface area contributed by atoms with Crippen LogP contribution in [0.1, 0.15) is 0 Å². The van der Waals surface area contributed by atoms with E-state index in [0.29, 0.717) is 11.4 Å². The zero-order chi connectivity index (χ0) is 12.3. The van der Waals surface area contributed by atoms with Crippen molar-refractivity contribution in [2.24, 2.45) is 0 Å². The first kappa shape index (κ1) is 14.8. The van der Waals surface area contributed by atoms with Crippen LogP contribution >= 0.6 is 24.2 Å². The second-order valence-corrected chi connectivity index (χ2v) is 4.64. The Morgan fingerprint density at radius 1 is 1.50 bits per heavy atom. The molecule has 2 amide bonds. The summed E-state index contributed by atoms with van der Waals surface area (Å²) in [6.45, 7) is 0.262. The Morgan fingerprint density at radius 3 is 3.00 bits per heavy atom. The lowest BCUT2D eigenvalue weighted by molar-refractivity contribution is -0.115. The Balaban J connectivity index is 0.00000162. The smallest absolute Gasteiger partial charge is 0.238 e. The number of likely N-dealkylation sites (N-methyl/N-ethyl adjacent to an activating group) is 1. The number of hydrogen-bond donors (Lipinski definition) is 3. The SMILES string of the molecule is CNCC(=O)Nc1ccc2c(c1)NC(=O)CS2.Cl. The summed E-state index contributed by atoms with van der Waals surface area (Å²) >= 11 is 1.50. The maximum absolute atomic E-state index is 11.4. The van der Waals surface area contributed by atoms with E-state index in [2.05, 4.69) is 16.0 Å². The van der Waals surface area contributed by atoms with Gasteiger partial charge in [0.05, 0.1) is 18.0 Å². The van der Waals surface area contributed by atoms with Gasteiger partial charge in [0.25, 0.3) is 0 Å². The van der Waals surface area contributed by atoms with Crippen LogP contribution in [-0.2, 0) is 9.59 Å². The molecule has 98 valence electrons. The van der Waals surface area contributed by atoms with E-state index in [-0.39, 0.29) is 30.8 Å². The second kappa shape index (κ2) is 6.63. The van der Waals surface area contributed by atoms with Gasteiger partial charge in [-0.3, -0.25) is 9.59 Å². The quantitative estimate of drug-likeness (QED) is 0.784. The molecule has 1 aromatic carbocycles. The lowest BCUT2D eigenvalue weighted by atomic mass is 10.2. The summed E-state index contributed by atoms with van der Waals surface area (Å²) in [6.07, 6.45) is 0. The molecule has 0 unspecified atom stereocenters. The number of benzene rings is 1. The van der Waals surface area contributed by atoms with Crippen molar-refractivity contribution < 1.29 is 9.59 Å². The van der Waals surface area contributed by atoms with Crippen LogP contribution in [0.15, 0.2) is 23.1 Å². The van der Waals surface area contributed by atoms with Crippen LogP contribution < -0.4 is 16.0 Å². The van der Waals surface area contributed by atoms with E-state index >= 15 is 0 Å². The molecule has 2 rings (SSSR count). The normalized spacial score (nSPS) is 13.1. The van der Waals surface area contributed by atoms with Gasteiger partial charge in [-0.2, -0.15) is 0 Å². The summed E-state index contributed by atoms with van der Waals surface area (Å²) in [6, 6.07) is 5.50. The third-order valence-corrected chi connectivity index (χ3v) is 3.31. The molecule has 1 aromatic rings. The van der Waals surface area contributed by atoms with Crippen molar-refractivity contribution in [3.63, 3.8) is 0 Å². The van der Waals surface area contributed by atoms with Crippen LogP contribution in [0.4, 0.5) is 11.4 Å². The predicted octanol–water partition coefficient (Wildman–Crippen LogP) is 1.31. The first-order valence-corrected chi connectivity index (χ1v) is 6.19. The van der Waals surface area contributed by atoms with Gasteiger partial charge in [0.2, 0.25) is 11.8 Å². The van der Waals surface area contributed by atoms with Crippen molar-refractivity contribution in [3.05, 3.63) is 18.2 Å². The fourth-order valence-corrected chi connectivity index (χ4v) is 2.32. The molecule has 1 aliphatic heterocycles. The predicted molar refractivity (Wildman–Crippen MR) is 75.6 cm³/mol. The second-order valence-electron chi connectivity index (χ2n) is 3.63. The molecule has 0 spiro atoms. The van der Waals surface area contributed by atoms with Crippen LogP contribution in [0.5, 0.6) is 0 Å². The Kier molecular flexibility index (Phi) is 5.46. The first-order valence-electron chi connectivity index (χ1n) is 5.20. The molecular formula is C11H14ClN3O2S. The zero-order valence-corrected chi connectivity index (χ0v) is 11.4. The minimum Gasteiger partial charge on any atom is -0.325 e. The highest BCUT2D eigenvalue weighted by molar-refractivity contribution is 8.00. The van der Waals surface area contributed by atoms with E-state index in [1.54, 1.807) is 13.1 Å². The maximum Gasteiger partial charge on any atom is 0.238 e. The van der Waals surface area contributed by atoms with Gasteiger partial charge in [-0.15, -0.1) is 24.2 Å². The lowest BCUT2D eigenvalue weighted by Crippen LogP contribution is -2.25. The van der Waals surface area contributed by atoms with E-state index in [9.17, 15) is 9.59 Å². The average Bonchev–Trinajstić information content (AvgIpc) is 2.28. The fourth-order valence-electron chi connectivity index (χ4n) is 1.53. The summed E-state index contributed by atoms with van der Waals surface area (Å²) < 4.78 is 0. The third kappa shape index (κ3) is 3.63. The highest BCUT2D eigenvalue weighted by Gasteiger charge is 2.15. The largest absolute Gasteiger partial charge is 0.325 e. The highest BCUT2D eigenvalue weighted by Crippen LogP contribution is 2.33. The zero-order valence-electron chi connectivity index (χ0n) is 9.78. The number of halogens is 1. The van der Waals surface area contributed by atoms with Crippen molar-refractivity contribution in [3.8, 4) is 0 Å². The van der Waals surface area contributed by atoms with Crippen LogP contribution in [0.25, 0.3) is 0 Å². The van der Waals surface area contributed by atoms with Gasteiger partial charge in [-0.05, 0) is 25.2 Å². The number of carbonyl (C=O) groups is 2. The molecule has 3 N–H and O–H groups in total. The standard InChI is InChI=1S/C11H13N3O2S.ClH/c1-12-5-10(15)13-7-2-3-9-8(4-7)14-11(16)6-17-9;/h2-4,12H,5-6H2,1H3,(H,13,15)(H,14,16);1H. The van der Waals surface area contributed by atoms with E-state index in [4.69, 9.17) is 0 Å². The van der Waals surface area contributed by atoms with E-state index < -0.39 is 0 Å². The van der Waals surface area contributed by atoms with Gasteiger partial charge >= 0.3 is 0 Å².